The van der Waals surface area contributed by atoms with Gasteiger partial charge in [-0.3, -0.25) is 4.90 Å². The molecule has 0 amide bonds. The van der Waals surface area contributed by atoms with Crippen LogP contribution in [0.4, 0.5) is 0 Å². The molecule has 18 heavy (non-hydrogen) atoms. The first-order chi connectivity index (χ1) is 8.70. The van der Waals surface area contributed by atoms with Crippen molar-refractivity contribution in [1.82, 2.24) is 4.90 Å². The average molecular weight is 246 g/mol. The van der Waals surface area contributed by atoms with E-state index in [1.54, 1.807) is 0 Å². The van der Waals surface area contributed by atoms with Gasteiger partial charge in [-0.2, -0.15) is 0 Å². The molecule has 3 atom stereocenters. The molecule has 1 saturated heterocycles. The lowest BCUT2D eigenvalue weighted by atomic mass is 10.0. The summed E-state index contributed by atoms with van der Waals surface area (Å²) in [5, 5.41) is 0. The highest BCUT2D eigenvalue weighted by atomic mass is 15.2. The minimum atomic E-state index is 0.664. The summed E-state index contributed by atoms with van der Waals surface area (Å²) in [6.07, 6.45) is 3.69. The number of nitrogens with two attached hydrogens (primary N) is 1. The van der Waals surface area contributed by atoms with E-state index >= 15 is 0 Å². The number of hydrogen-bond donors (Lipinski definition) is 1. The fourth-order valence-electron chi connectivity index (χ4n) is 3.14. The third kappa shape index (κ3) is 3.33. The summed E-state index contributed by atoms with van der Waals surface area (Å²) in [5.41, 5.74) is 7.25. The molecular weight excluding hydrogens is 220 g/mol. The van der Waals surface area contributed by atoms with Gasteiger partial charge in [0.1, 0.15) is 0 Å². The Morgan fingerprint density at radius 1 is 1.33 bits per heavy atom. The van der Waals surface area contributed by atoms with E-state index in [1.807, 2.05) is 0 Å². The molecule has 100 valence electrons. The zero-order valence-corrected chi connectivity index (χ0v) is 11.7. The van der Waals surface area contributed by atoms with Gasteiger partial charge in [0.15, 0.2) is 0 Å². The van der Waals surface area contributed by atoms with E-state index < -0.39 is 0 Å². The van der Waals surface area contributed by atoms with Crippen LogP contribution >= 0.6 is 0 Å². The molecule has 1 aliphatic heterocycles. The second kappa shape index (κ2) is 6.35. The van der Waals surface area contributed by atoms with Crippen molar-refractivity contribution in [2.45, 2.75) is 45.2 Å². The van der Waals surface area contributed by atoms with Crippen molar-refractivity contribution in [3.05, 3.63) is 35.9 Å². The van der Waals surface area contributed by atoms with E-state index in [-0.39, 0.29) is 0 Å². The number of hydrogen-bond acceptors (Lipinski definition) is 2. The Balaban J connectivity index is 1.83. The van der Waals surface area contributed by atoms with Crippen LogP contribution in [-0.4, -0.2) is 30.1 Å². The molecule has 1 aliphatic rings. The van der Waals surface area contributed by atoms with Gasteiger partial charge in [-0.05, 0) is 51.1 Å². The van der Waals surface area contributed by atoms with Gasteiger partial charge in [-0.15, -0.1) is 0 Å². The van der Waals surface area contributed by atoms with Gasteiger partial charge in [0.05, 0.1) is 0 Å². The summed E-state index contributed by atoms with van der Waals surface area (Å²) in [4.78, 5) is 2.64. The first kappa shape index (κ1) is 13.6. The zero-order chi connectivity index (χ0) is 13.0. The van der Waals surface area contributed by atoms with E-state index in [9.17, 15) is 0 Å². The molecule has 2 heteroatoms. The van der Waals surface area contributed by atoms with E-state index in [2.05, 4.69) is 49.1 Å². The maximum atomic E-state index is 5.80. The van der Waals surface area contributed by atoms with E-state index in [4.69, 9.17) is 5.73 Å². The highest BCUT2D eigenvalue weighted by molar-refractivity contribution is 5.14. The van der Waals surface area contributed by atoms with Gasteiger partial charge >= 0.3 is 0 Å². The lowest BCUT2D eigenvalue weighted by Gasteiger charge is -2.28. The summed E-state index contributed by atoms with van der Waals surface area (Å²) < 4.78 is 0. The predicted octanol–water partition coefficient (Wildman–Crippen LogP) is 2.68. The first-order valence-corrected chi connectivity index (χ1v) is 7.20. The normalized spacial score (nSPS) is 26.4. The van der Waals surface area contributed by atoms with Crippen molar-refractivity contribution < 1.29 is 0 Å². The molecule has 1 fully saturated rings. The van der Waals surface area contributed by atoms with Crippen LogP contribution in [0, 0.1) is 5.92 Å². The van der Waals surface area contributed by atoms with Gasteiger partial charge in [0, 0.05) is 18.6 Å². The predicted molar refractivity (Wildman–Crippen MR) is 77.6 cm³/mol. The minimum Gasteiger partial charge on any atom is -0.330 e. The van der Waals surface area contributed by atoms with E-state index in [0.717, 1.165) is 6.54 Å². The van der Waals surface area contributed by atoms with Gasteiger partial charge in [0.2, 0.25) is 0 Å². The SMILES string of the molecule is CC(CCc1ccccc1)N1CC(CN)CC1C. The minimum absolute atomic E-state index is 0.664. The van der Waals surface area contributed by atoms with Crippen molar-refractivity contribution >= 4 is 0 Å². The summed E-state index contributed by atoms with van der Waals surface area (Å²) in [6, 6.07) is 12.2. The molecule has 0 saturated carbocycles. The Morgan fingerprint density at radius 3 is 2.67 bits per heavy atom. The van der Waals surface area contributed by atoms with Gasteiger partial charge in [-0.1, -0.05) is 30.3 Å². The molecule has 1 aromatic carbocycles. The van der Waals surface area contributed by atoms with Crippen LogP contribution < -0.4 is 5.73 Å². The molecule has 0 radical (unpaired) electrons. The second-order valence-corrected chi connectivity index (χ2v) is 5.76. The number of aryl methyl sites for hydroxylation is 1. The van der Waals surface area contributed by atoms with Crippen molar-refractivity contribution in [3.63, 3.8) is 0 Å². The Labute approximate surface area is 111 Å². The number of nitrogens with zero attached hydrogens (tertiary/aromatic N) is 1. The first-order valence-electron chi connectivity index (χ1n) is 7.20. The fraction of sp³-hybridized carbons (Fsp3) is 0.625. The molecule has 2 N–H and O–H groups in total. The van der Waals surface area contributed by atoms with E-state index in [1.165, 1.54) is 31.4 Å². The Bertz CT molecular complexity index is 349. The third-order valence-corrected chi connectivity index (χ3v) is 4.30. The molecule has 2 nitrogen and oxygen atoms in total. The summed E-state index contributed by atoms with van der Waals surface area (Å²) in [6.45, 7) is 6.73. The molecular formula is C16H26N2. The highest BCUT2D eigenvalue weighted by Crippen LogP contribution is 2.25. The molecule has 1 aromatic rings. The molecule has 0 aromatic heterocycles. The maximum Gasteiger partial charge on any atom is 0.00734 e. The van der Waals surface area contributed by atoms with Crippen LogP contribution in [0.2, 0.25) is 0 Å². The quantitative estimate of drug-likeness (QED) is 0.865. The van der Waals surface area contributed by atoms with Crippen LogP contribution in [0.1, 0.15) is 32.3 Å². The number of benzene rings is 1. The molecule has 3 unspecified atom stereocenters. The van der Waals surface area contributed by atoms with Crippen LogP contribution in [-0.2, 0) is 6.42 Å². The second-order valence-electron chi connectivity index (χ2n) is 5.76. The molecule has 0 bridgehead atoms. The largest absolute Gasteiger partial charge is 0.330 e. The van der Waals surface area contributed by atoms with Crippen LogP contribution in [0.15, 0.2) is 30.3 Å². The van der Waals surface area contributed by atoms with Gasteiger partial charge in [0.25, 0.3) is 0 Å². The third-order valence-electron chi connectivity index (χ3n) is 4.30. The molecule has 0 spiro atoms. The number of likely N-dealkylation sites (tertiary alicyclic amines) is 1. The van der Waals surface area contributed by atoms with E-state index in [0.29, 0.717) is 18.0 Å². The topological polar surface area (TPSA) is 29.3 Å². The van der Waals surface area contributed by atoms with Crippen LogP contribution in [0.3, 0.4) is 0 Å². The Morgan fingerprint density at radius 2 is 2.06 bits per heavy atom. The fourth-order valence-corrected chi connectivity index (χ4v) is 3.14. The van der Waals surface area contributed by atoms with Crippen molar-refractivity contribution in [3.8, 4) is 0 Å². The average Bonchev–Trinajstić information content (AvgIpc) is 2.78. The van der Waals surface area contributed by atoms with Crippen molar-refractivity contribution in [2.75, 3.05) is 13.1 Å². The van der Waals surface area contributed by atoms with Crippen molar-refractivity contribution in [1.29, 1.82) is 0 Å². The highest BCUT2D eigenvalue weighted by Gasteiger charge is 2.30. The summed E-state index contributed by atoms with van der Waals surface area (Å²) >= 11 is 0. The smallest absolute Gasteiger partial charge is 0.00734 e. The monoisotopic (exact) mass is 246 g/mol. The van der Waals surface area contributed by atoms with Crippen LogP contribution in [0.5, 0.6) is 0 Å². The Kier molecular flexibility index (Phi) is 4.79. The molecule has 0 aliphatic carbocycles. The Hall–Kier alpha value is -0.860. The van der Waals surface area contributed by atoms with Gasteiger partial charge in [-0.25, -0.2) is 0 Å². The summed E-state index contributed by atoms with van der Waals surface area (Å²) in [5.74, 6) is 0.708. The standard InChI is InChI=1S/C16H26N2/c1-13(8-9-15-6-4-3-5-7-15)18-12-16(11-17)10-14(18)2/h3-7,13-14,16H,8-12,17H2,1-2H3. The molecule has 2 rings (SSSR count). The molecule has 1 heterocycles. The van der Waals surface area contributed by atoms with Crippen LogP contribution in [0.25, 0.3) is 0 Å². The number of rotatable bonds is 5. The summed E-state index contributed by atoms with van der Waals surface area (Å²) in [7, 11) is 0. The van der Waals surface area contributed by atoms with Gasteiger partial charge < -0.3 is 5.73 Å². The lowest BCUT2D eigenvalue weighted by Crippen LogP contribution is -2.36. The van der Waals surface area contributed by atoms with Crippen molar-refractivity contribution in [2.24, 2.45) is 11.7 Å². The maximum absolute atomic E-state index is 5.80. The lowest BCUT2D eigenvalue weighted by molar-refractivity contribution is 0.190. The zero-order valence-electron chi connectivity index (χ0n) is 11.7.